The first-order chi connectivity index (χ1) is 10.6. The highest BCUT2D eigenvalue weighted by atomic mass is 16.5. The Labute approximate surface area is 127 Å². The molecular weight excluding hydrogens is 286 g/mol. The van der Waals surface area contributed by atoms with Crippen molar-refractivity contribution in [3.63, 3.8) is 0 Å². The number of aromatic nitrogens is 1. The molecule has 1 saturated heterocycles. The van der Waals surface area contributed by atoms with Gasteiger partial charge in [-0.1, -0.05) is 0 Å². The molecule has 0 spiro atoms. The zero-order valence-corrected chi connectivity index (χ0v) is 12.5. The largest absolute Gasteiger partial charge is 0.453 e. The Balaban J connectivity index is 1.72. The minimum absolute atomic E-state index is 0.0629. The molecule has 1 aromatic carbocycles. The molecule has 1 aromatic heterocycles. The van der Waals surface area contributed by atoms with Crippen molar-refractivity contribution in [1.82, 2.24) is 14.8 Å². The van der Waals surface area contributed by atoms with E-state index in [4.69, 9.17) is 4.42 Å². The first-order valence-electron chi connectivity index (χ1n) is 7.08. The summed E-state index contributed by atoms with van der Waals surface area (Å²) in [7, 11) is 1.36. The van der Waals surface area contributed by atoms with Gasteiger partial charge in [0.15, 0.2) is 11.5 Å². The molecule has 1 aliphatic heterocycles. The fourth-order valence-corrected chi connectivity index (χ4v) is 2.58. The smallest absolute Gasteiger partial charge is 0.409 e. The number of hydrogen-bond donors (Lipinski definition) is 0. The first-order valence-corrected chi connectivity index (χ1v) is 7.08. The Morgan fingerprint density at radius 3 is 2.55 bits per heavy atom. The highest BCUT2D eigenvalue weighted by Gasteiger charge is 2.25. The van der Waals surface area contributed by atoms with E-state index in [0.29, 0.717) is 48.7 Å². The number of nitrogens with zero attached hydrogens (tertiary/aromatic N) is 3. The summed E-state index contributed by atoms with van der Waals surface area (Å²) in [6.45, 7) is 3.70. The maximum Gasteiger partial charge on any atom is 0.409 e. The third-order valence-electron chi connectivity index (χ3n) is 3.74. The van der Waals surface area contributed by atoms with Crippen molar-refractivity contribution in [2.24, 2.45) is 0 Å². The molecule has 0 bridgehead atoms. The van der Waals surface area contributed by atoms with E-state index in [1.54, 1.807) is 34.9 Å². The summed E-state index contributed by atoms with van der Waals surface area (Å²) in [4.78, 5) is 31.5. The van der Waals surface area contributed by atoms with Gasteiger partial charge in [-0.25, -0.2) is 9.78 Å². The third kappa shape index (κ3) is 2.61. The monoisotopic (exact) mass is 303 g/mol. The van der Waals surface area contributed by atoms with Crippen molar-refractivity contribution in [3.8, 4) is 0 Å². The normalized spacial score (nSPS) is 15.2. The molecule has 3 rings (SSSR count). The summed E-state index contributed by atoms with van der Waals surface area (Å²) >= 11 is 0. The molecular formula is C15H17N3O4. The number of fused-ring (bicyclic) bond motifs is 1. The second-order valence-corrected chi connectivity index (χ2v) is 5.16. The van der Waals surface area contributed by atoms with Gasteiger partial charge in [0, 0.05) is 38.7 Å². The van der Waals surface area contributed by atoms with Gasteiger partial charge < -0.3 is 19.0 Å². The molecule has 0 unspecified atom stereocenters. The van der Waals surface area contributed by atoms with Gasteiger partial charge in [-0.2, -0.15) is 0 Å². The zero-order chi connectivity index (χ0) is 15.7. The minimum Gasteiger partial charge on any atom is -0.453 e. The number of rotatable bonds is 1. The average molecular weight is 303 g/mol. The Bertz CT molecular complexity index is 717. The van der Waals surface area contributed by atoms with Crippen molar-refractivity contribution < 1.29 is 18.7 Å². The number of carbonyl (C=O) groups excluding carboxylic acids is 2. The molecule has 0 N–H and O–H groups in total. The lowest BCUT2D eigenvalue weighted by molar-refractivity contribution is 0.0600. The van der Waals surface area contributed by atoms with Crippen LogP contribution in [0.4, 0.5) is 4.79 Å². The van der Waals surface area contributed by atoms with E-state index in [-0.39, 0.29) is 12.0 Å². The number of piperazine rings is 1. The highest BCUT2D eigenvalue weighted by Crippen LogP contribution is 2.18. The van der Waals surface area contributed by atoms with Crippen molar-refractivity contribution in [2.45, 2.75) is 6.92 Å². The SMILES string of the molecule is COC(=O)N1CCN(C(=O)c2ccc3oc(C)nc3c2)CC1. The maximum atomic E-state index is 12.5. The highest BCUT2D eigenvalue weighted by molar-refractivity contribution is 5.97. The molecule has 0 atom stereocenters. The van der Waals surface area contributed by atoms with E-state index < -0.39 is 0 Å². The average Bonchev–Trinajstić information content (AvgIpc) is 2.92. The van der Waals surface area contributed by atoms with Gasteiger partial charge in [0.25, 0.3) is 5.91 Å². The summed E-state index contributed by atoms with van der Waals surface area (Å²) in [5.74, 6) is 0.512. The number of methoxy groups -OCH3 is 1. The molecule has 0 aliphatic carbocycles. The van der Waals surface area contributed by atoms with Crippen LogP contribution < -0.4 is 0 Å². The summed E-state index contributed by atoms with van der Waals surface area (Å²) in [6.07, 6.45) is -0.355. The Morgan fingerprint density at radius 2 is 1.86 bits per heavy atom. The van der Waals surface area contributed by atoms with E-state index >= 15 is 0 Å². The maximum absolute atomic E-state index is 12.5. The number of benzene rings is 1. The molecule has 2 amide bonds. The topological polar surface area (TPSA) is 75.9 Å². The van der Waals surface area contributed by atoms with Gasteiger partial charge in [-0.3, -0.25) is 4.79 Å². The van der Waals surface area contributed by atoms with E-state index in [2.05, 4.69) is 9.72 Å². The van der Waals surface area contributed by atoms with Crippen LogP contribution in [0.3, 0.4) is 0 Å². The Hall–Kier alpha value is -2.57. The van der Waals surface area contributed by atoms with Crippen LogP contribution in [0.15, 0.2) is 22.6 Å². The standard InChI is InChI=1S/C15H17N3O4/c1-10-16-12-9-11(3-4-13(12)22-10)14(19)17-5-7-18(8-6-17)15(20)21-2/h3-4,9H,5-8H2,1-2H3. The Morgan fingerprint density at radius 1 is 1.18 bits per heavy atom. The van der Waals surface area contributed by atoms with Crippen LogP contribution in [-0.2, 0) is 4.74 Å². The molecule has 0 radical (unpaired) electrons. The van der Waals surface area contributed by atoms with Gasteiger partial charge in [-0.15, -0.1) is 0 Å². The predicted molar refractivity (Wildman–Crippen MR) is 78.6 cm³/mol. The van der Waals surface area contributed by atoms with Gasteiger partial charge in [0.05, 0.1) is 7.11 Å². The number of ether oxygens (including phenoxy) is 1. The molecule has 7 nitrogen and oxygen atoms in total. The van der Waals surface area contributed by atoms with Crippen LogP contribution >= 0.6 is 0 Å². The van der Waals surface area contributed by atoms with Crippen molar-refractivity contribution in [1.29, 1.82) is 0 Å². The van der Waals surface area contributed by atoms with E-state index in [0.717, 1.165) is 0 Å². The van der Waals surface area contributed by atoms with Crippen LogP contribution in [0.1, 0.15) is 16.2 Å². The summed E-state index contributed by atoms with van der Waals surface area (Å²) in [5, 5.41) is 0. The van der Waals surface area contributed by atoms with Crippen molar-refractivity contribution in [3.05, 3.63) is 29.7 Å². The lowest BCUT2D eigenvalue weighted by Gasteiger charge is -2.33. The van der Waals surface area contributed by atoms with E-state index in [9.17, 15) is 9.59 Å². The van der Waals surface area contributed by atoms with Crippen LogP contribution in [0.5, 0.6) is 0 Å². The van der Waals surface area contributed by atoms with Crippen LogP contribution in [0.25, 0.3) is 11.1 Å². The molecule has 1 aliphatic rings. The lowest BCUT2D eigenvalue weighted by Crippen LogP contribution is -2.50. The second-order valence-electron chi connectivity index (χ2n) is 5.16. The Kier molecular flexibility index (Phi) is 3.70. The van der Waals surface area contributed by atoms with Crippen molar-refractivity contribution in [2.75, 3.05) is 33.3 Å². The van der Waals surface area contributed by atoms with Crippen LogP contribution in [-0.4, -0.2) is 60.1 Å². The van der Waals surface area contributed by atoms with Gasteiger partial charge in [0.1, 0.15) is 5.52 Å². The summed E-state index contributed by atoms with van der Waals surface area (Å²) in [5.41, 5.74) is 1.92. The van der Waals surface area contributed by atoms with Crippen LogP contribution in [0.2, 0.25) is 0 Å². The number of oxazole rings is 1. The summed E-state index contributed by atoms with van der Waals surface area (Å²) < 4.78 is 10.1. The predicted octanol–water partition coefficient (Wildman–Crippen LogP) is 1.66. The van der Waals surface area contributed by atoms with Gasteiger partial charge in [0.2, 0.25) is 0 Å². The number of amides is 2. The number of carbonyl (C=O) groups is 2. The quantitative estimate of drug-likeness (QED) is 0.801. The van der Waals surface area contributed by atoms with Gasteiger partial charge >= 0.3 is 6.09 Å². The van der Waals surface area contributed by atoms with E-state index in [1.807, 2.05) is 0 Å². The molecule has 1 fully saturated rings. The first kappa shape index (κ1) is 14.4. The molecule has 2 aromatic rings. The molecule has 7 heteroatoms. The number of hydrogen-bond acceptors (Lipinski definition) is 5. The minimum atomic E-state index is -0.355. The molecule has 0 saturated carbocycles. The lowest BCUT2D eigenvalue weighted by atomic mass is 10.1. The summed E-state index contributed by atoms with van der Waals surface area (Å²) in [6, 6.07) is 5.23. The molecule has 2 heterocycles. The van der Waals surface area contributed by atoms with Crippen LogP contribution in [0, 0.1) is 6.92 Å². The molecule has 22 heavy (non-hydrogen) atoms. The third-order valence-corrected chi connectivity index (χ3v) is 3.74. The van der Waals surface area contributed by atoms with Crippen molar-refractivity contribution >= 4 is 23.1 Å². The number of aryl methyl sites for hydroxylation is 1. The fraction of sp³-hybridized carbons (Fsp3) is 0.400. The fourth-order valence-electron chi connectivity index (χ4n) is 2.58. The second kappa shape index (κ2) is 5.67. The van der Waals surface area contributed by atoms with E-state index in [1.165, 1.54) is 7.11 Å². The molecule has 116 valence electrons. The van der Waals surface area contributed by atoms with Gasteiger partial charge in [-0.05, 0) is 18.2 Å². The zero-order valence-electron chi connectivity index (χ0n) is 12.5.